The molecule has 3 aromatic rings. The lowest BCUT2D eigenvalue weighted by Gasteiger charge is -2.25. The summed E-state index contributed by atoms with van der Waals surface area (Å²) < 4.78 is 3.54. The third kappa shape index (κ3) is 3.72. The van der Waals surface area contributed by atoms with Crippen LogP contribution in [-0.2, 0) is 13.0 Å². The Labute approximate surface area is 159 Å². The third-order valence-corrected chi connectivity index (χ3v) is 5.44. The van der Waals surface area contributed by atoms with E-state index in [1.807, 2.05) is 35.5 Å². The molecule has 140 valence electrons. The van der Waals surface area contributed by atoms with Crippen molar-refractivity contribution in [1.82, 2.24) is 19.3 Å². The summed E-state index contributed by atoms with van der Waals surface area (Å²) in [5.41, 5.74) is 5.39. The van der Waals surface area contributed by atoms with Crippen LogP contribution >= 0.6 is 0 Å². The van der Waals surface area contributed by atoms with Crippen molar-refractivity contribution in [2.75, 3.05) is 0 Å². The van der Waals surface area contributed by atoms with Gasteiger partial charge >= 0.3 is 0 Å². The summed E-state index contributed by atoms with van der Waals surface area (Å²) in [5.74, 6) is 0.846. The first-order chi connectivity index (χ1) is 13.1. The summed E-state index contributed by atoms with van der Waals surface area (Å²) in [7, 11) is 0. The molecule has 1 saturated carbocycles. The molecule has 5 nitrogen and oxygen atoms in total. The van der Waals surface area contributed by atoms with Gasteiger partial charge in [-0.3, -0.25) is 9.78 Å². The van der Waals surface area contributed by atoms with Gasteiger partial charge in [0.1, 0.15) is 0 Å². The quantitative estimate of drug-likeness (QED) is 0.662. The molecular weight excluding hydrogens is 336 g/mol. The van der Waals surface area contributed by atoms with Crippen LogP contribution in [0.25, 0.3) is 16.9 Å². The number of hydrogen-bond donors (Lipinski definition) is 0. The van der Waals surface area contributed by atoms with Crippen LogP contribution in [0.1, 0.15) is 43.7 Å². The smallest absolute Gasteiger partial charge is 0.250 e. The van der Waals surface area contributed by atoms with Gasteiger partial charge in [0.2, 0.25) is 0 Å². The summed E-state index contributed by atoms with van der Waals surface area (Å²) in [6.07, 6.45) is 13.9. The standard InChI is InChI=1S/C22H26N4O/c1-3-9-25-15-20(7-8-21(25)27)26-14-19(13-24-26)22-16(2)10-18(12-23-22)11-17-5-4-6-17/h7-8,10,12-15,17H,3-6,9,11H2,1-2H3. The van der Waals surface area contributed by atoms with Crippen LogP contribution in [-0.4, -0.2) is 19.3 Å². The Kier molecular flexibility index (Phi) is 4.92. The minimum absolute atomic E-state index is 0.0209. The van der Waals surface area contributed by atoms with Gasteiger partial charge < -0.3 is 4.57 Å². The van der Waals surface area contributed by atoms with E-state index in [0.717, 1.165) is 35.7 Å². The van der Waals surface area contributed by atoms with E-state index < -0.39 is 0 Å². The number of aryl methyl sites for hydroxylation is 2. The second-order valence-corrected chi connectivity index (χ2v) is 7.60. The largest absolute Gasteiger partial charge is 0.313 e. The Bertz CT molecular complexity index is 998. The molecule has 0 atom stereocenters. The topological polar surface area (TPSA) is 52.7 Å². The van der Waals surface area contributed by atoms with Crippen molar-refractivity contribution in [2.24, 2.45) is 5.92 Å². The SMILES string of the molecule is CCCn1cc(-n2cc(-c3ncc(CC4CCC4)cc3C)cn2)ccc1=O. The number of aromatic nitrogens is 4. The zero-order valence-corrected chi connectivity index (χ0v) is 16.1. The average molecular weight is 362 g/mol. The molecule has 0 spiro atoms. The average Bonchev–Trinajstić information content (AvgIpc) is 3.10. The van der Waals surface area contributed by atoms with Crippen molar-refractivity contribution in [3.63, 3.8) is 0 Å². The molecule has 1 aliphatic rings. The molecule has 0 radical (unpaired) electrons. The van der Waals surface area contributed by atoms with E-state index in [1.165, 1.54) is 30.4 Å². The molecule has 3 aromatic heterocycles. The van der Waals surface area contributed by atoms with Gasteiger partial charge in [0.25, 0.3) is 5.56 Å². The first-order valence-corrected chi connectivity index (χ1v) is 9.85. The molecule has 0 unspecified atom stereocenters. The summed E-state index contributed by atoms with van der Waals surface area (Å²) in [5, 5.41) is 4.49. The van der Waals surface area contributed by atoms with E-state index in [9.17, 15) is 4.79 Å². The maximum absolute atomic E-state index is 11.9. The lowest BCUT2D eigenvalue weighted by atomic mass is 9.81. The van der Waals surface area contributed by atoms with Crippen molar-refractivity contribution in [1.29, 1.82) is 0 Å². The van der Waals surface area contributed by atoms with Crippen LogP contribution in [0.4, 0.5) is 0 Å². The minimum Gasteiger partial charge on any atom is -0.313 e. The Hall–Kier alpha value is -2.69. The van der Waals surface area contributed by atoms with Crippen molar-refractivity contribution in [3.8, 4) is 16.9 Å². The number of nitrogens with zero attached hydrogens (tertiary/aromatic N) is 4. The first kappa shape index (κ1) is 17.7. The molecule has 0 saturated heterocycles. The van der Waals surface area contributed by atoms with Gasteiger partial charge in [-0.15, -0.1) is 0 Å². The van der Waals surface area contributed by atoms with Gasteiger partial charge in [-0.05, 0) is 42.9 Å². The van der Waals surface area contributed by atoms with Gasteiger partial charge in [0.15, 0.2) is 0 Å². The molecule has 1 aliphatic carbocycles. The highest BCUT2D eigenvalue weighted by molar-refractivity contribution is 5.62. The van der Waals surface area contributed by atoms with Crippen LogP contribution in [0.2, 0.25) is 0 Å². The monoisotopic (exact) mass is 362 g/mol. The highest BCUT2D eigenvalue weighted by Gasteiger charge is 2.18. The maximum atomic E-state index is 11.9. The molecule has 0 bridgehead atoms. The maximum Gasteiger partial charge on any atom is 0.250 e. The normalized spacial score (nSPS) is 14.3. The molecule has 0 N–H and O–H groups in total. The van der Waals surface area contributed by atoms with E-state index in [2.05, 4.69) is 25.0 Å². The van der Waals surface area contributed by atoms with E-state index in [-0.39, 0.29) is 5.56 Å². The molecule has 0 amide bonds. The van der Waals surface area contributed by atoms with Crippen molar-refractivity contribution >= 4 is 0 Å². The van der Waals surface area contributed by atoms with E-state index in [0.29, 0.717) is 6.54 Å². The fraction of sp³-hybridized carbons (Fsp3) is 0.409. The number of rotatable bonds is 6. The second kappa shape index (κ2) is 7.51. The van der Waals surface area contributed by atoms with E-state index in [4.69, 9.17) is 4.98 Å². The summed E-state index contributed by atoms with van der Waals surface area (Å²) in [6.45, 7) is 4.89. The van der Waals surface area contributed by atoms with Gasteiger partial charge in [-0.25, -0.2) is 4.68 Å². The Balaban J connectivity index is 1.59. The van der Waals surface area contributed by atoms with Crippen LogP contribution in [0, 0.1) is 12.8 Å². The van der Waals surface area contributed by atoms with Crippen LogP contribution < -0.4 is 5.56 Å². The van der Waals surface area contributed by atoms with Crippen LogP contribution in [0.15, 0.2) is 47.8 Å². The number of hydrogen-bond acceptors (Lipinski definition) is 3. The predicted octanol–water partition coefficient (Wildman–Crippen LogP) is 4.16. The Morgan fingerprint density at radius 3 is 2.74 bits per heavy atom. The number of pyridine rings is 2. The lowest BCUT2D eigenvalue weighted by molar-refractivity contribution is 0.314. The molecule has 1 fully saturated rings. The molecule has 4 rings (SSSR count). The van der Waals surface area contributed by atoms with Crippen molar-refractivity contribution in [3.05, 3.63) is 64.5 Å². The summed E-state index contributed by atoms with van der Waals surface area (Å²) in [4.78, 5) is 16.6. The van der Waals surface area contributed by atoms with E-state index >= 15 is 0 Å². The molecule has 0 aromatic carbocycles. The van der Waals surface area contributed by atoms with Crippen molar-refractivity contribution in [2.45, 2.75) is 52.5 Å². The molecule has 5 heteroatoms. The van der Waals surface area contributed by atoms with Crippen LogP contribution in [0.5, 0.6) is 0 Å². The minimum atomic E-state index is 0.0209. The molecular formula is C22H26N4O. The Morgan fingerprint density at radius 1 is 1.19 bits per heavy atom. The summed E-state index contributed by atoms with van der Waals surface area (Å²) in [6, 6.07) is 5.68. The highest BCUT2D eigenvalue weighted by atomic mass is 16.1. The summed E-state index contributed by atoms with van der Waals surface area (Å²) >= 11 is 0. The van der Waals surface area contributed by atoms with Gasteiger partial charge in [0.05, 0.1) is 17.6 Å². The second-order valence-electron chi connectivity index (χ2n) is 7.60. The molecule has 3 heterocycles. The lowest BCUT2D eigenvalue weighted by Crippen LogP contribution is -2.19. The fourth-order valence-electron chi connectivity index (χ4n) is 3.73. The first-order valence-electron chi connectivity index (χ1n) is 9.85. The third-order valence-electron chi connectivity index (χ3n) is 5.44. The van der Waals surface area contributed by atoms with E-state index in [1.54, 1.807) is 10.6 Å². The van der Waals surface area contributed by atoms with Crippen molar-refractivity contribution < 1.29 is 0 Å². The predicted molar refractivity (Wildman–Crippen MR) is 107 cm³/mol. The molecule has 27 heavy (non-hydrogen) atoms. The zero-order valence-electron chi connectivity index (χ0n) is 16.1. The Morgan fingerprint density at radius 2 is 2.04 bits per heavy atom. The van der Waals surface area contributed by atoms with Crippen LogP contribution in [0.3, 0.4) is 0 Å². The zero-order chi connectivity index (χ0) is 18.8. The molecule has 0 aliphatic heterocycles. The van der Waals surface area contributed by atoms with Gasteiger partial charge in [0, 0.05) is 36.8 Å². The van der Waals surface area contributed by atoms with Gasteiger partial charge in [-0.1, -0.05) is 32.3 Å². The van der Waals surface area contributed by atoms with Gasteiger partial charge in [-0.2, -0.15) is 5.10 Å². The fourth-order valence-corrected chi connectivity index (χ4v) is 3.73. The highest BCUT2D eigenvalue weighted by Crippen LogP contribution is 2.30.